The molecular formula is C16H14F3NO3. The Kier molecular flexibility index (Phi) is 3.89. The molecule has 1 aromatic carbocycles. The van der Waals surface area contributed by atoms with Gasteiger partial charge in [0.1, 0.15) is 0 Å². The van der Waals surface area contributed by atoms with E-state index < -0.39 is 29.8 Å². The number of furan rings is 1. The summed E-state index contributed by atoms with van der Waals surface area (Å²) in [6.07, 6.45) is -3.70. The number of aliphatic hydroxyl groups is 1. The molecule has 0 radical (unpaired) electrons. The number of amides is 1. The second-order valence-corrected chi connectivity index (χ2v) is 5.46. The predicted molar refractivity (Wildman–Crippen MR) is 74.6 cm³/mol. The van der Waals surface area contributed by atoms with Gasteiger partial charge in [0.2, 0.25) is 0 Å². The molecule has 1 fully saturated rings. The fraction of sp³-hybridized carbons (Fsp3) is 0.312. The maximum atomic E-state index is 12.9. The van der Waals surface area contributed by atoms with Crippen molar-refractivity contribution in [3.8, 4) is 0 Å². The first-order valence-corrected chi connectivity index (χ1v) is 7.06. The van der Waals surface area contributed by atoms with Gasteiger partial charge in [0.15, 0.2) is 5.76 Å². The van der Waals surface area contributed by atoms with Gasteiger partial charge in [-0.1, -0.05) is 12.1 Å². The highest BCUT2D eigenvalue weighted by molar-refractivity contribution is 5.92. The number of likely N-dealkylation sites (tertiary alicyclic amines) is 1. The molecule has 0 unspecified atom stereocenters. The van der Waals surface area contributed by atoms with Gasteiger partial charge >= 0.3 is 6.18 Å². The van der Waals surface area contributed by atoms with E-state index in [4.69, 9.17) is 4.42 Å². The lowest BCUT2D eigenvalue weighted by Crippen LogP contribution is -2.31. The summed E-state index contributed by atoms with van der Waals surface area (Å²) >= 11 is 0. The summed E-state index contributed by atoms with van der Waals surface area (Å²) < 4.78 is 43.6. The minimum Gasteiger partial charge on any atom is -0.459 e. The van der Waals surface area contributed by atoms with Crippen molar-refractivity contribution in [2.24, 2.45) is 0 Å². The van der Waals surface area contributed by atoms with Crippen LogP contribution in [0.2, 0.25) is 0 Å². The molecule has 1 N–H and O–H groups in total. The molecule has 1 aliphatic heterocycles. The Bertz CT molecular complexity index is 697. The van der Waals surface area contributed by atoms with Gasteiger partial charge in [-0.05, 0) is 36.2 Å². The minimum atomic E-state index is -4.46. The molecular weight excluding hydrogens is 311 g/mol. The van der Waals surface area contributed by atoms with Crippen molar-refractivity contribution < 1.29 is 27.5 Å². The topological polar surface area (TPSA) is 53.7 Å². The molecule has 0 bridgehead atoms. The molecule has 7 heteroatoms. The van der Waals surface area contributed by atoms with E-state index in [9.17, 15) is 23.1 Å². The number of rotatable bonds is 2. The van der Waals surface area contributed by atoms with E-state index in [0.717, 1.165) is 12.1 Å². The molecule has 1 aliphatic rings. The SMILES string of the molecule is O=C(c1ccco1)N1C[C@H](O)C[C@@H]1c1cccc(C(F)(F)F)c1. The Morgan fingerprint density at radius 1 is 1.26 bits per heavy atom. The molecule has 1 amide bonds. The Labute approximate surface area is 130 Å². The van der Waals surface area contributed by atoms with E-state index in [-0.39, 0.29) is 18.7 Å². The summed E-state index contributed by atoms with van der Waals surface area (Å²) in [5, 5.41) is 9.86. The summed E-state index contributed by atoms with van der Waals surface area (Å²) in [7, 11) is 0. The number of benzene rings is 1. The Morgan fingerprint density at radius 3 is 2.70 bits per heavy atom. The molecule has 0 spiro atoms. The molecule has 2 heterocycles. The highest BCUT2D eigenvalue weighted by Gasteiger charge is 2.38. The van der Waals surface area contributed by atoms with Crippen LogP contribution in [0.25, 0.3) is 0 Å². The number of hydrogen-bond acceptors (Lipinski definition) is 3. The van der Waals surface area contributed by atoms with Gasteiger partial charge in [0, 0.05) is 6.54 Å². The van der Waals surface area contributed by atoms with Gasteiger partial charge < -0.3 is 14.4 Å². The van der Waals surface area contributed by atoms with Crippen molar-refractivity contribution in [2.75, 3.05) is 6.54 Å². The van der Waals surface area contributed by atoms with Crippen molar-refractivity contribution in [1.82, 2.24) is 4.90 Å². The smallest absolute Gasteiger partial charge is 0.416 e. The molecule has 0 aliphatic carbocycles. The van der Waals surface area contributed by atoms with E-state index in [1.165, 1.54) is 29.4 Å². The van der Waals surface area contributed by atoms with Crippen LogP contribution in [-0.4, -0.2) is 28.6 Å². The fourth-order valence-electron chi connectivity index (χ4n) is 2.82. The van der Waals surface area contributed by atoms with Gasteiger partial charge in [-0.15, -0.1) is 0 Å². The monoisotopic (exact) mass is 325 g/mol. The molecule has 2 atom stereocenters. The van der Waals surface area contributed by atoms with Crippen LogP contribution >= 0.6 is 0 Å². The summed E-state index contributed by atoms with van der Waals surface area (Å²) in [5.74, 6) is -0.356. The van der Waals surface area contributed by atoms with E-state index >= 15 is 0 Å². The van der Waals surface area contributed by atoms with E-state index in [1.54, 1.807) is 6.07 Å². The first kappa shape index (κ1) is 15.6. The van der Waals surface area contributed by atoms with E-state index in [2.05, 4.69) is 0 Å². The highest BCUT2D eigenvalue weighted by Crippen LogP contribution is 2.36. The Balaban J connectivity index is 1.92. The molecule has 2 aromatic rings. The largest absolute Gasteiger partial charge is 0.459 e. The molecule has 1 saturated heterocycles. The van der Waals surface area contributed by atoms with Crippen LogP contribution in [0.3, 0.4) is 0 Å². The zero-order valence-corrected chi connectivity index (χ0v) is 12.0. The second kappa shape index (κ2) is 5.73. The zero-order valence-electron chi connectivity index (χ0n) is 12.0. The fourth-order valence-corrected chi connectivity index (χ4v) is 2.82. The number of carbonyl (C=O) groups excluding carboxylic acids is 1. The maximum Gasteiger partial charge on any atom is 0.416 e. The number of aliphatic hydroxyl groups excluding tert-OH is 1. The third kappa shape index (κ3) is 3.10. The third-order valence-electron chi connectivity index (χ3n) is 3.87. The summed E-state index contributed by atoms with van der Waals surface area (Å²) in [6.45, 7) is 0.0560. The van der Waals surface area contributed by atoms with E-state index in [1.807, 2.05) is 0 Å². The molecule has 1 aromatic heterocycles. The summed E-state index contributed by atoms with van der Waals surface area (Å²) in [5.41, 5.74) is -0.432. The van der Waals surface area contributed by atoms with Crippen LogP contribution in [0.5, 0.6) is 0 Å². The minimum absolute atomic E-state index is 0.0560. The predicted octanol–water partition coefficient (Wildman–Crippen LogP) is 3.25. The molecule has 3 rings (SSSR count). The Morgan fingerprint density at radius 2 is 2.04 bits per heavy atom. The second-order valence-electron chi connectivity index (χ2n) is 5.46. The van der Waals surface area contributed by atoms with Gasteiger partial charge in [-0.25, -0.2) is 0 Å². The van der Waals surface area contributed by atoms with Crippen LogP contribution in [0, 0.1) is 0 Å². The lowest BCUT2D eigenvalue weighted by Gasteiger charge is -2.24. The average Bonchev–Trinajstić information content (AvgIpc) is 3.15. The quantitative estimate of drug-likeness (QED) is 0.922. The Hall–Kier alpha value is -2.28. The van der Waals surface area contributed by atoms with Crippen LogP contribution in [0.1, 0.15) is 34.1 Å². The van der Waals surface area contributed by atoms with Crippen molar-refractivity contribution in [3.05, 3.63) is 59.5 Å². The zero-order chi connectivity index (χ0) is 16.6. The number of halogens is 3. The maximum absolute atomic E-state index is 12.9. The standard InChI is InChI=1S/C16H14F3NO3/c17-16(18,19)11-4-1-3-10(7-11)13-8-12(21)9-20(13)15(22)14-5-2-6-23-14/h1-7,12-13,21H,8-9H2/t12-,13-/m1/s1. The number of hydrogen-bond donors (Lipinski definition) is 1. The van der Waals surface area contributed by atoms with Crippen molar-refractivity contribution >= 4 is 5.91 Å². The number of β-amino-alcohol motifs (C(OH)–C–C–N with tert-alkyl or cyclic N) is 1. The first-order chi connectivity index (χ1) is 10.9. The lowest BCUT2D eigenvalue weighted by molar-refractivity contribution is -0.137. The van der Waals surface area contributed by atoms with E-state index in [0.29, 0.717) is 5.56 Å². The number of carbonyl (C=O) groups is 1. The van der Waals surface area contributed by atoms with Gasteiger partial charge in [-0.3, -0.25) is 4.79 Å². The highest BCUT2D eigenvalue weighted by atomic mass is 19.4. The van der Waals surface area contributed by atoms with Crippen molar-refractivity contribution in [2.45, 2.75) is 24.7 Å². The van der Waals surface area contributed by atoms with Gasteiger partial charge in [-0.2, -0.15) is 13.2 Å². The van der Waals surface area contributed by atoms with Crippen LogP contribution in [0.15, 0.2) is 47.1 Å². The summed E-state index contributed by atoms with van der Waals surface area (Å²) in [4.78, 5) is 13.8. The van der Waals surface area contributed by atoms with Crippen LogP contribution < -0.4 is 0 Å². The van der Waals surface area contributed by atoms with Crippen LogP contribution in [-0.2, 0) is 6.18 Å². The van der Waals surface area contributed by atoms with Gasteiger partial charge in [0.25, 0.3) is 5.91 Å². The van der Waals surface area contributed by atoms with Gasteiger partial charge in [0.05, 0.1) is 24.0 Å². The number of alkyl halides is 3. The molecule has 0 saturated carbocycles. The average molecular weight is 325 g/mol. The normalized spacial score (nSPS) is 21.7. The van der Waals surface area contributed by atoms with Crippen LogP contribution in [0.4, 0.5) is 13.2 Å². The molecule has 4 nitrogen and oxygen atoms in total. The summed E-state index contributed by atoms with van der Waals surface area (Å²) in [6, 6.07) is 7.25. The first-order valence-electron chi connectivity index (χ1n) is 7.06. The third-order valence-corrected chi connectivity index (χ3v) is 3.87. The lowest BCUT2D eigenvalue weighted by atomic mass is 10.0. The van der Waals surface area contributed by atoms with Crippen molar-refractivity contribution in [1.29, 1.82) is 0 Å². The van der Waals surface area contributed by atoms with Crippen molar-refractivity contribution in [3.63, 3.8) is 0 Å². The molecule has 23 heavy (non-hydrogen) atoms. The molecule has 122 valence electrons. The number of nitrogens with zero attached hydrogens (tertiary/aromatic N) is 1.